The number of nitrogens with two attached hydrogens (primary N) is 1. The molecule has 1 amide bonds. The molecule has 4 heteroatoms. The molecule has 1 aromatic carbocycles. The monoisotopic (exact) mass is 299 g/mol. The normalized spacial score (nSPS) is 17.8. The highest BCUT2D eigenvalue weighted by Gasteiger charge is 2.26. The van der Waals surface area contributed by atoms with Crippen molar-refractivity contribution in [3.05, 3.63) is 36.0 Å². The molecular weight excluding hydrogens is 274 g/mol. The van der Waals surface area contributed by atoms with Gasteiger partial charge >= 0.3 is 0 Å². The van der Waals surface area contributed by atoms with Crippen molar-refractivity contribution in [3.63, 3.8) is 0 Å². The van der Waals surface area contributed by atoms with E-state index in [9.17, 15) is 4.79 Å². The summed E-state index contributed by atoms with van der Waals surface area (Å²) in [6, 6.07) is 7.69. The molecule has 2 aromatic rings. The van der Waals surface area contributed by atoms with Crippen molar-refractivity contribution in [2.45, 2.75) is 38.6 Å². The molecule has 4 nitrogen and oxygen atoms in total. The Morgan fingerprint density at radius 2 is 2.09 bits per heavy atom. The van der Waals surface area contributed by atoms with Gasteiger partial charge in [0.25, 0.3) is 0 Å². The van der Waals surface area contributed by atoms with Crippen molar-refractivity contribution in [2.75, 3.05) is 13.1 Å². The van der Waals surface area contributed by atoms with Gasteiger partial charge in [-0.3, -0.25) is 4.79 Å². The minimum absolute atomic E-state index is 0.0971. The molecule has 1 fully saturated rings. The van der Waals surface area contributed by atoms with Crippen LogP contribution in [0.2, 0.25) is 0 Å². The van der Waals surface area contributed by atoms with Gasteiger partial charge in [-0.05, 0) is 36.8 Å². The number of aromatic nitrogens is 1. The lowest BCUT2D eigenvalue weighted by molar-refractivity contribution is -0.134. The van der Waals surface area contributed by atoms with E-state index in [0.717, 1.165) is 48.3 Å². The van der Waals surface area contributed by atoms with Crippen LogP contribution in [-0.2, 0) is 11.2 Å². The molecule has 0 saturated carbocycles. The average Bonchev–Trinajstić information content (AvgIpc) is 2.97. The molecule has 0 radical (unpaired) electrons. The number of carbonyl (C=O) groups excluding carboxylic acids is 1. The van der Waals surface area contributed by atoms with Gasteiger partial charge in [-0.15, -0.1) is 0 Å². The summed E-state index contributed by atoms with van der Waals surface area (Å²) in [4.78, 5) is 17.7. The van der Waals surface area contributed by atoms with Crippen molar-refractivity contribution in [1.82, 2.24) is 9.88 Å². The van der Waals surface area contributed by atoms with Gasteiger partial charge in [-0.25, -0.2) is 0 Å². The Morgan fingerprint density at radius 3 is 2.82 bits per heavy atom. The number of aromatic amines is 1. The smallest absolute Gasteiger partial charge is 0.239 e. The van der Waals surface area contributed by atoms with Gasteiger partial charge in [0.05, 0.1) is 6.04 Å². The first-order chi connectivity index (χ1) is 10.7. The van der Waals surface area contributed by atoms with Crippen LogP contribution in [0.25, 0.3) is 10.9 Å². The molecule has 1 aromatic heterocycles. The number of carbonyl (C=O) groups is 1. The van der Waals surface area contributed by atoms with E-state index < -0.39 is 6.04 Å². The van der Waals surface area contributed by atoms with Crippen LogP contribution < -0.4 is 5.73 Å². The first-order valence-corrected chi connectivity index (χ1v) is 8.28. The first kappa shape index (κ1) is 15.1. The number of fused-ring (bicyclic) bond motifs is 1. The summed E-state index contributed by atoms with van der Waals surface area (Å²) >= 11 is 0. The zero-order valence-electron chi connectivity index (χ0n) is 13.2. The summed E-state index contributed by atoms with van der Waals surface area (Å²) in [5.74, 6) is 0.869. The third-order valence-electron chi connectivity index (χ3n) is 4.94. The predicted octanol–water partition coefficient (Wildman–Crippen LogP) is 2.69. The SMILES string of the molecule is CCC1CCN(C(=O)[C@@H](N)Cc2c[nH]c3ccccc23)CC1. The number of nitrogens with zero attached hydrogens (tertiary/aromatic N) is 1. The van der Waals surface area contributed by atoms with E-state index in [1.165, 1.54) is 6.42 Å². The quantitative estimate of drug-likeness (QED) is 0.912. The van der Waals surface area contributed by atoms with Crippen LogP contribution in [0, 0.1) is 5.92 Å². The van der Waals surface area contributed by atoms with Gasteiger partial charge < -0.3 is 15.6 Å². The fourth-order valence-electron chi connectivity index (χ4n) is 3.42. The third kappa shape index (κ3) is 3.02. The lowest BCUT2D eigenvalue weighted by atomic mass is 9.94. The standard InChI is InChI=1S/C18H25N3O/c1-2-13-7-9-21(10-8-13)18(22)16(19)11-14-12-20-17-6-4-3-5-15(14)17/h3-6,12-13,16,20H,2,7-11,19H2,1H3/t16-/m0/s1. The Kier molecular flexibility index (Phi) is 4.48. The number of likely N-dealkylation sites (tertiary alicyclic amines) is 1. The number of hydrogen-bond acceptors (Lipinski definition) is 2. The molecule has 118 valence electrons. The van der Waals surface area contributed by atoms with Crippen LogP contribution in [-0.4, -0.2) is 34.9 Å². The van der Waals surface area contributed by atoms with Crippen molar-refractivity contribution < 1.29 is 4.79 Å². The van der Waals surface area contributed by atoms with Gasteiger partial charge in [0.15, 0.2) is 0 Å². The highest BCUT2D eigenvalue weighted by Crippen LogP contribution is 2.22. The Hall–Kier alpha value is -1.81. The summed E-state index contributed by atoms with van der Waals surface area (Å²) in [6.07, 6.45) is 6.01. The van der Waals surface area contributed by atoms with Crippen molar-refractivity contribution in [2.24, 2.45) is 11.7 Å². The number of nitrogens with one attached hydrogen (secondary N) is 1. The molecule has 3 rings (SSSR count). The van der Waals surface area contributed by atoms with Crippen LogP contribution >= 0.6 is 0 Å². The Morgan fingerprint density at radius 1 is 1.36 bits per heavy atom. The average molecular weight is 299 g/mol. The molecule has 0 aliphatic carbocycles. The van der Waals surface area contributed by atoms with Gasteiger partial charge in [0, 0.05) is 30.2 Å². The molecule has 2 heterocycles. The molecule has 1 saturated heterocycles. The minimum Gasteiger partial charge on any atom is -0.361 e. The van der Waals surface area contributed by atoms with Crippen LogP contribution in [0.3, 0.4) is 0 Å². The van der Waals surface area contributed by atoms with Crippen LogP contribution in [0.1, 0.15) is 31.7 Å². The largest absolute Gasteiger partial charge is 0.361 e. The fourth-order valence-corrected chi connectivity index (χ4v) is 3.42. The highest BCUT2D eigenvalue weighted by molar-refractivity contribution is 5.86. The van der Waals surface area contributed by atoms with Crippen LogP contribution in [0.4, 0.5) is 0 Å². The van der Waals surface area contributed by atoms with E-state index in [-0.39, 0.29) is 5.91 Å². The molecule has 1 aliphatic rings. The highest BCUT2D eigenvalue weighted by atomic mass is 16.2. The van der Waals surface area contributed by atoms with E-state index >= 15 is 0 Å². The minimum atomic E-state index is -0.447. The second-order valence-electron chi connectivity index (χ2n) is 6.35. The summed E-state index contributed by atoms with van der Waals surface area (Å²) < 4.78 is 0. The van der Waals surface area contributed by atoms with E-state index in [1.54, 1.807) is 0 Å². The summed E-state index contributed by atoms with van der Waals surface area (Å²) in [7, 11) is 0. The molecule has 0 bridgehead atoms. The van der Waals surface area contributed by atoms with Gasteiger partial charge in [-0.2, -0.15) is 0 Å². The molecule has 3 N–H and O–H groups in total. The Bertz CT molecular complexity index is 641. The topological polar surface area (TPSA) is 62.1 Å². The number of hydrogen-bond donors (Lipinski definition) is 2. The zero-order valence-corrected chi connectivity index (χ0v) is 13.2. The maximum absolute atomic E-state index is 12.5. The van der Waals surface area contributed by atoms with Crippen LogP contribution in [0.5, 0.6) is 0 Å². The number of benzene rings is 1. The third-order valence-corrected chi connectivity index (χ3v) is 4.94. The maximum Gasteiger partial charge on any atom is 0.239 e. The van der Waals surface area contributed by atoms with E-state index in [1.807, 2.05) is 29.3 Å². The van der Waals surface area contributed by atoms with Crippen molar-refractivity contribution in [3.8, 4) is 0 Å². The maximum atomic E-state index is 12.5. The van der Waals surface area contributed by atoms with Gasteiger partial charge in [0.1, 0.15) is 0 Å². The summed E-state index contributed by atoms with van der Waals surface area (Å²) in [6.45, 7) is 3.95. The van der Waals surface area contributed by atoms with Crippen LogP contribution in [0.15, 0.2) is 30.5 Å². The van der Waals surface area contributed by atoms with E-state index in [0.29, 0.717) is 6.42 Å². The number of amides is 1. The first-order valence-electron chi connectivity index (χ1n) is 8.28. The number of rotatable bonds is 4. The fraction of sp³-hybridized carbons (Fsp3) is 0.500. The Balaban J connectivity index is 1.64. The number of piperidine rings is 1. The molecule has 1 aliphatic heterocycles. The second-order valence-corrected chi connectivity index (χ2v) is 6.35. The molecule has 0 spiro atoms. The molecule has 0 unspecified atom stereocenters. The molecule has 1 atom stereocenters. The van der Waals surface area contributed by atoms with E-state index in [4.69, 9.17) is 5.73 Å². The molecule has 22 heavy (non-hydrogen) atoms. The van der Waals surface area contributed by atoms with Crippen molar-refractivity contribution in [1.29, 1.82) is 0 Å². The number of para-hydroxylation sites is 1. The number of H-pyrrole nitrogens is 1. The summed E-state index contributed by atoms with van der Waals surface area (Å²) in [5.41, 5.74) is 8.42. The zero-order chi connectivity index (χ0) is 15.5. The predicted molar refractivity (Wildman–Crippen MR) is 89.6 cm³/mol. The molecular formula is C18H25N3O. The van der Waals surface area contributed by atoms with E-state index in [2.05, 4.69) is 18.0 Å². The lowest BCUT2D eigenvalue weighted by Gasteiger charge is -2.33. The van der Waals surface area contributed by atoms with Crippen molar-refractivity contribution >= 4 is 16.8 Å². The second kappa shape index (κ2) is 6.53. The Labute approximate surface area is 131 Å². The van der Waals surface area contributed by atoms with Gasteiger partial charge in [0.2, 0.25) is 5.91 Å². The van der Waals surface area contributed by atoms with Gasteiger partial charge in [-0.1, -0.05) is 31.5 Å². The summed E-state index contributed by atoms with van der Waals surface area (Å²) in [5, 5.41) is 1.16. The lowest BCUT2D eigenvalue weighted by Crippen LogP contribution is -2.48.